The molecule has 0 bridgehead atoms. The van der Waals surface area contributed by atoms with Crippen molar-refractivity contribution in [2.24, 2.45) is 0 Å². The molecule has 106 valence electrons. The fourth-order valence-electron chi connectivity index (χ4n) is 2.42. The number of aromatic hydroxyl groups is 1. The molecule has 20 heavy (non-hydrogen) atoms. The molecule has 1 unspecified atom stereocenters. The maximum Gasteiger partial charge on any atom is 0.232 e. The molecule has 0 saturated heterocycles. The Hall–Kier alpha value is -2.09. The van der Waals surface area contributed by atoms with Crippen molar-refractivity contribution in [3.8, 4) is 11.9 Å². The van der Waals surface area contributed by atoms with Gasteiger partial charge in [-0.2, -0.15) is 9.78 Å². The van der Waals surface area contributed by atoms with Crippen LogP contribution < -0.4 is 0 Å². The van der Waals surface area contributed by atoms with Gasteiger partial charge < -0.3 is 5.11 Å². The lowest BCUT2D eigenvalue weighted by Gasteiger charge is -2.09. The topological polar surface area (TPSA) is 74.2 Å². The summed E-state index contributed by atoms with van der Waals surface area (Å²) in [5.41, 5.74) is 1.58. The van der Waals surface area contributed by atoms with Gasteiger partial charge in [-0.25, -0.2) is 4.98 Å². The minimum absolute atomic E-state index is 0.119. The van der Waals surface area contributed by atoms with Gasteiger partial charge in [-0.1, -0.05) is 26.7 Å². The fraction of sp³-hybridized carbons (Fsp3) is 0.533. The monoisotopic (exact) mass is 272 g/mol. The highest BCUT2D eigenvalue weighted by Crippen LogP contribution is 2.26. The van der Waals surface area contributed by atoms with E-state index in [-0.39, 0.29) is 11.4 Å². The molecule has 2 aromatic rings. The number of rotatable bonds is 5. The summed E-state index contributed by atoms with van der Waals surface area (Å²) in [6.07, 6.45) is 4.31. The minimum Gasteiger partial charge on any atom is -0.492 e. The number of pyridine rings is 1. The molecule has 0 aliphatic rings. The van der Waals surface area contributed by atoms with E-state index >= 15 is 0 Å². The zero-order chi connectivity index (χ0) is 14.7. The van der Waals surface area contributed by atoms with Gasteiger partial charge in [0, 0.05) is 5.92 Å². The van der Waals surface area contributed by atoms with Gasteiger partial charge in [-0.15, -0.1) is 5.10 Å². The van der Waals surface area contributed by atoms with Crippen LogP contribution in [0.25, 0.3) is 5.65 Å². The maximum atomic E-state index is 10.1. The Bertz CT molecular complexity index is 654. The number of nitrogens with zero attached hydrogens (tertiary/aromatic N) is 4. The first-order chi connectivity index (χ1) is 9.62. The number of hydrogen-bond donors (Lipinski definition) is 1. The van der Waals surface area contributed by atoms with Crippen molar-refractivity contribution in [3.63, 3.8) is 0 Å². The van der Waals surface area contributed by atoms with Crippen LogP contribution in [-0.2, 0) is 0 Å². The Labute approximate surface area is 118 Å². The van der Waals surface area contributed by atoms with Gasteiger partial charge in [-0.05, 0) is 31.4 Å². The molecule has 2 aromatic heterocycles. The molecule has 5 heteroatoms. The molecule has 0 aliphatic heterocycles. The van der Waals surface area contributed by atoms with Crippen molar-refractivity contribution < 1.29 is 5.11 Å². The highest BCUT2D eigenvalue weighted by molar-refractivity contribution is 5.54. The number of hydrogen-bond acceptors (Lipinski definition) is 4. The normalized spacial score (nSPS) is 12.5. The van der Waals surface area contributed by atoms with Crippen LogP contribution in [0, 0.1) is 18.3 Å². The molecule has 0 fully saturated rings. The van der Waals surface area contributed by atoms with Crippen molar-refractivity contribution in [2.75, 3.05) is 0 Å². The van der Waals surface area contributed by atoms with Gasteiger partial charge in [0.05, 0.1) is 0 Å². The number of aromatic nitrogens is 3. The second kappa shape index (κ2) is 5.91. The van der Waals surface area contributed by atoms with E-state index in [9.17, 15) is 5.11 Å². The number of fused-ring (bicyclic) bond motifs is 1. The molecule has 0 saturated carbocycles. The van der Waals surface area contributed by atoms with Crippen molar-refractivity contribution in [2.45, 2.75) is 52.4 Å². The average Bonchev–Trinajstić information content (AvgIpc) is 2.84. The van der Waals surface area contributed by atoms with Crippen LogP contribution in [0.5, 0.6) is 5.88 Å². The van der Waals surface area contributed by atoms with E-state index in [0.717, 1.165) is 37.1 Å². The quantitative estimate of drug-likeness (QED) is 0.906. The molecule has 0 amide bonds. The number of aryl methyl sites for hydroxylation is 1. The molecular formula is C15H20N4O. The van der Waals surface area contributed by atoms with Gasteiger partial charge in [0.1, 0.15) is 11.6 Å². The molecule has 1 N–H and O–H groups in total. The van der Waals surface area contributed by atoms with Crippen molar-refractivity contribution in [1.82, 2.24) is 14.6 Å². The molecule has 0 spiro atoms. The van der Waals surface area contributed by atoms with E-state index < -0.39 is 0 Å². The predicted octanol–water partition coefficient (Wildman–Crippen LogP) is 3.30. The Kier molecular flexibility index (Phi) is 4.23. The van der Waals surface area contributed by atoms with Crippen LogP contribution >= 0.6 is 0 Å². The maximum absolute atomic E-state index is 10.1. The molecule has 2 heterocycles. The highest BCUT2D eigenvalue weighted by atomic mass is 16.3. The minimum atomic E-state index is -0.119. The van der Waals surface area contributed by atoms with Crippen LogP contribution in [-0.4, -0.2) is 19.7 Å². The summed E-state index contributed by atoms with van der Waals surface area (Å²) in [6.45, 7) is 6.08. The second-order valence-electron chi connectivity index (χ2n) is 5.13. The summed E-state index contributed by atoms with van der Waals surface area (Å²) in [6, 6.07) is 3.80. The number of unbranched alkanes of at least 4 members (excludes halogenated alkanes) is 1. The van der Waals surface area contributed by atoms with Crippen molar-refractivity contribution in [1.29, 1.82) is 5.26 Å². The lowest BCUT2D eigenvalue weighted by molar-refractivity contribution is 0.432. The van der Waals surface area contributed by atoms with Crippen LogP contribution in [0.4, 0.5) is 0 Å². The Balaban J connectivity index is 2.48. The Morgan fingerprint density at radius 1 is 1.45 bits per heavy atom. The van der Waals surface area contributed by atoms with E-state index in [1.165, 1.54) is 4.52 Å². The largest absolute Gasteiger partial charge is 0.492 e. The third-order valence-corrected chi connectivity index (χ3v) is 3.69. The zero-order valence-corrected chi connectivity index (χ0v) is 12.2. The third kappa shape index (κ3) is 2.46. The standard InChI is InChI=1S/C15H20N4O/c1-4-6-7-11(5-2)14-17-13-8-10(3)12(9-16)15(20)19(13)18-14/h8,11,20H,4-7H2,1-3H3. The van der Waals surface area contributed by atoms with E-state index in [0.29, 0.717) is 11.6 Å². The van der Waals surface area contributed by atoms with Gasteiger partial charge in [-0.3, -0.25) is 0 Å². The van der Waals surface area contributed by atoms with Crippen molar-refractivity contribution in [3.05, 3.63) is 23.0 Å². The molecule has 5 nitrogen and oxygen atoms in total. The van der Waals surface area contributed by atoms with Crippen LogP contribution in [0.15, 0.2) is 6.07 Å². The molecule has 1 atom stereocenters. The highest BCUT2D eigenvalue weighted by Gasteiger charge is 2.18. The van der Waals surface area contributed by atoms with Gasteiger partial charge in [0.2, 0.25) is 5.88 Å². The van der Waals surface area contributed by atoms with Crippen LogP contribution in [0.1, 0.15) is 62.4 Å². The van der Waals surface area contributed by atoms with E-state index in [4.69, 9.17) is 5.26 Å². The number of nitriles is 1. The Morgan fingerprint density at radius 3 is 2.80 bits per heavy atom. The third-order valence-electron chi connectivity index (χ3n) is 3.69. The summed E-state index contributed by atoms with van der Waals surface area (Å²) in [5, 5.41) is 23.6. The first-order valence-electron chi connectivity index (χ1n) is 7.11. The molecule has 2 rings (SSSR count). The first kappa shape index (κ1) is 14.3. The zero-order valence-electron chi connectivity index (χ0n) is 12.2. The second-order valence-corrected chi connectivity index (χ2v) is 5.13. The van der Waals surface area contributed by atoms with Crippen LogP contribution in [0.3, 0.4) is 0 Å². The smallest absolute Gasteiger partial charge is 0.232 e. The van der Waals surface area contributed by atoms with E-state index in [1.807, 2.05) is 6.07 Å². The lowest BCUT2D eigenvalue weighted by Crippen LogP contribution is -2.01. The van der Waals surface area contributed by atoms with Gasteiger partial charge >= 0.3 is 0 Å². The Morgan fingerprint density at radius 2 is 2.20 bits per heavy atom. The summed E-state index contributed by atoms with van der Waals surface area (Å²) < 4.78 is 1.37. The van der Waals surface area contributed by atoms with Gasteiger partial charge in [0.15, 0.2) is 11.5 Å². The first-order valence-corrected chi connectivity index (χ1v) is 7.11. The van der Waals surface area contributed by atoms with Gasteiger partial charge in [0.25, 0.3) is 0 Å². The summed E-state index contributed by atoms with van der Waals surface area (Å²) in [7, 11) is 0. The van der Waals surface area contributed by atoms with Crippen LogP contribution in [0.2, 0.25) is 0 Å². The molecule has 0 aliphatic carbocycles. The molecular weight excluding hydrogens is 252 g/mol. The van der Waals surface area contributed by atoms with Crippen molar-refractivity contribution >= 4 is 5.65 Å². The summed E-state index contributed by atoms with van der Waals surface area (Å²) in [5.74, 6) is 0.942. The molecule has 0 aromatic carbocycles. The molecule has 0 radical (unpaired) electrons. The lowest BCUT2D eigenvalue weighted by atomic mass is 9.99. The average molecular weight is 272 g/mol. The SMILES string of the molecule is CCCCC(CC)c1nc2cc(C)c(C#N)c(O)n2n1. The predicted molar refractivity (Wildman–Crippen MR) is 76.7 cm³/mol. The van der Waals surface area contributed by atoms with E-state index in [1.54, 1.807) is 13.0 Å². The van der Waals surface area contributed by atoms with E-state index in [2.05, 4.69) is 23.9 Å². The fourth-order valence-corrected chi connectivity index (χ4v) is 2.42. The summed E-state index contributed by atoms with van der Waals surface area (Å²) in [4.78, 5) is 4.52. The summed E-state index contributed by atoms with van der Waals surface area (Å²) >= 11 is 0.